The zero-order chi connectivity index (χ0) is 11.1. The lowest BCUT2D eigenvalue weighted by Gasteiger charge is -2.35. The van der Waals surface area contributed by atoms with E-state index in [9.17, 15) is 0 Å². The van der Waals surface area contributed by atoms with Crippen LogP contribution in [0.15, 0.2) is 53.3 Å². The number of anilines is 1. The molecule has 1 atom stereocenters. The number of fused-ring (bicyclic) bond motifs is 3. The predicted molar refractivity (Wildman–Crippen MR) is 67.9 cm³/mol. The third-order valence-electron chi connectivity index (χ3n) is 2.89. The van der Waals surface area contributed by atoms with E-state index in [0.29, 0.717) is 0 Å². The van der Waals surface area contributed by atoms with Gasteiger partial charge in [0, 0.05) is 22.6 Å². The van der Waals surface area contributed by atoms with Gasteiger partial charge in [-0.15, -0.1) is 0 Å². The first-order valence-electron chi connectivity index (χ1n) is 5.16. The number of halogens is 1. The molecule has 0 aliphatic carbocycles. The van der Waals surface area contributed by atoms with Crippen molar-refractivity contribution in [2.75, 3.05) is 4.90 Å². The monoisotopic (exact) mass is 230 g/mol. The first-order chi connectivity index (χ1) is 7.75. The molecule has 0 saturated heterocycles. The molecular weight excluding hydrogens is 220 g/mol. The van der Waals surface area contributed by atoms with Gasteiger partial charge in [-0.05, 0) is 29.9 Å². The molecule has 1 unspecified atom stereocenters. The number of nitrogens with zero attached hydrogens (tertiary/aromatic N) is 1. The van der Waals surface area contributed by atoms with Crippen LogP contribution in [0.1, 0.15) is 5.56 Å². The molecule has 2 N–H and O–H groups in total. The molecule has 0 radical (unpaired) electrons. The number of nitrogens with two attached hydrogens (primary N) is 1. The molecule has 2 aliphatic rings. The highest BCUT2D eigenvalue weighted by atomic mass is 35.5. The van der Waals surface area contributed by atoms with Gasteiger partial charge in [0.25, 0.3) is 0 Å². The third kappa shape index (κ3) is 1.34. The number of hydrogen-bond acceptors (Lipinski definition) is 2. The molecule has 2 aliphatic heterocycles. The summed E-state index contributed by atoms with van der Waals surface area (Å²) in [5.41, 5.74) is 9.18. The Morgan fingerprint density at radius 2 is 2.06 bits per heavy atom. The van der Waals surface area contributed by atoms with Crippen LogP contribution in [0.5, 0.6) is 0 Å². The summed E-state index contributed by atoms with van der Waals surface area (Å²) in [6.45, 7) is 0. The summed E-state index contributed by atoms with van der Waals surface area (Å²) in [6, 6.07) is 8.24. The Morgan fingerprint density at radius 3 is 2.94 bits per heavy atom. The molecule has 1 aromatic carbocycles. The molecule has 1 aromatic rings. The molecular formula is C13H11ClN2. The maximum Gasteiger partial charge on any atom is 0.0930 e. The molecule has 0 amide bonds. The van der Waals surface area contributed by atoms with E-state index in [-0.39, 0.29) is 6.04 Å². The van der Waals surface area contributed by atoms with Crippen LogP contribution in [0.25, 0.3) is 6.08 Å². The fourth-order valence-electron chi connectivity index (χ4n) is 2.13. The summed E-state index contributed by atoms with van der Waals surface area (Å²) in [5.74, 6) is 0. The van der Waals surface area contributed by atoms with Crippen LogP contribution in [0.3, 0.4) is 0 Å². The topological polar surface area (TPSA) is 29.3 Å². The summed E-state index contributed by atoms with van der Waals surface area (Å²) < 4.78 is 0. The van der Waals surface area contributed by atoms with Gasteiger partial charge in [0.1, 0.15) is 0 Å². The maximum atomic E-state index is 6.05. The van der Waals surface area contributed by atoms with E-state index in [1.54, 1.807) is 0 Å². The molecule has 2 heterocycles. The molecule has 3 rings (SSSR count). The van der Waals surface area contributed by atoms with E-state index in [1.807, 2.05) is 36.6 Å². The van der Waals surface area contributed by atoms with Gasteiger partial charge in [0.15, 0.2) is 0 Å². The molecule has 2 nitrogen and oxygen atoms in total. The van der Waals surface area contributed by atoms with E-state index in [1.165, 1.54) is 5.69 Å². The number of rotatable bonds is 0. The Hall–Kier alpha value is -1.67. The minimum atomic E-state index is 0.0485. The zero-order valence-electron chi connectivity index (χ0n) is 8.60. The standard InChI is InChI=1S/C13H11ClN2/c14-10-5-6-16-12-4-2-1-3-9(12)7-11(15)13(16)8-10/h1-8,13H,15H2. The van der Waals surface area contributed by atoms with Crippen molar-refractivity contribution in [3.8, 4) is 0 Å². The van der Waals surface area contributed by atoms with E-state index < -0.39 is 0 Å². The third-order valence-corrected chi connectivity index (χ3v) is 3.14. The van der Waals surface area contributed by atoms with Crippen molar-refractivity contribution in [2.45, 2.75) is 6.04 Å². The van der Waals surface area contributed by atoms with Crippen LogP contribution < -0.4 is 10.6 Å². The molecule has 16 heavy (non-hydrogen) atoms. The van der Waals surface area contributed by atoms with Gasteiger partial charge in [-0.3, -0.25) is 0 Å². The average molecular weight is 231 g/mol. The average Bonchev–Trinajstić information content (AvgIpc) is 2.29. The Balaban J connectivity index is 2.17. The van der Waals surface area contributed by atoms with Crippen molar-refractivity contribution in [2.24, 2.45) is 5.73 Å². The normalized spacial score (nSPS) is 22.1. The minimum absolute atomic E-state index is 0.0485. The highest BCUT2D eigenvalue weighted by Gasteiger charge is 2.25. The summed E-state index contributed by atoms with van der Waals surface area (Å²) in [6.07, 6.45) is 7.83. The number of allylic oxidation sites excluding steroid dienone is 2. The largest absolute Gasteiger partial charge is 0.400 e. The molecule has 0 spiro atoms. The van der Waals surface area contributed by atoms with Crippen LogP contribution in [0.2, 0.25) is 0 Å². The lowest BCUT2D eigenvalue weighted by molar-refractivity contribution is 0.850. The minimum Gasteiger partial charge on any atom is -0.400 e. The molecule has 3 heteroatoms. The number of hydrogen-bond donors (Lipinski definition) is 1. The van der Waals surface area contributed by atoms with Crippen LogP contribution >= 0.6 is 11.6 Å². The SMILES string of the molecule is NC1=Cc2ccccc2N2C=CC(Cl)=CC12. The first-order valence-corrected chi connectivity index (χ1v) is 5.53. The molecule has 0 saturated carbocycles. The highest BCUT2D eigenvalue weighted by molar-refractivity contribution is 6.31. The number of benzene rings is 1. The summed E-state index contributed by atoms with van der Waals surface area (Å²) in [5, 5.41) is 0.733. The Morgan fingerprint density at radius 1 is 1.25 bits per heavy atom. The van der Waals surface area contributed by atoms with Gasteiger partial charge < -0.3 is 10.6 Å². The Bertz CT molecular complexity index is 528. The van der Waals surface area contributed by atoms with Crippen molar-refractivity contribution in [1.29, 1.82) is 0 Å². The zero-order valence-corrected chi connectivity index (χ0v) is 9.35. The van der Waals surface area contributed by atoms with Crippen LogP contribution in [0, 0.1) is 0 Å². The van der Waals surface area contributed by atoms with Crippen molar-refractivity contribution < 1.29 is 0 Å². The van der Waals surface area contributed by atoms with Gasteiger partial charge in [-0.2, -0.15) is 0 Å². The number of para-hydroxylation sites is 1. The van der Waals surface area contributed by atoms with Crippen molar-refractivity contribution in [3.63, 3.8) is 0 Å². The van der Waals surface area contributed by atoms with Crippen LogP contribution in [-0.4, -0.2) is 6.04 Å². The van der Waals surface area contributed by atoms with Gasteiger partial charge in [-0.1, -0.05) is 29.8 Å². The first kappa shape index (κ1) is 9.55. The quantitative estimate of drug-likeness (QED) is 0.743. The van der Waals surface area contributed by atoms with Gasteiger partial charge in [-0.25, -0.2) is 0 Å². The van der Waals surface area contributed by atoms with Crippen LogP contribution in [0.4, 0.5) is 5.69 Å². The molecule has 0 fully saturated rings. The van der Waals surface area contributed by atoms with Crippen molar-refractivity contribution in [3.05, 3.63) is 58.9 Å². The fourth-order valence-corrected chi connectivity index (χ4v) is 2.30. The molecule has 80 valence electrons. The Kier molecular flexibility index (Phi) is 2.04. The summed E-state index contributed by atoms with van der Waals surface area (Å²) in [4.78, 5) is 2.14. The van der Waals surface area contributed by atoms with Gasteiger partial charge in [0.2, 0.25) is 0 Å². The summed E-state index contributed by atoms with van der Waals surface area (Å²) >= 11 is 5.99. The molecule has 0 bridgehead atoms. The second-order valence-electron chi connectivity index (χ2n) is 3.92. The van der Waals surface area contributed by atoms with E-state index in [0.717, 1.165) is 16.3 Å². The van der Waals surface area contributed by atoms with Crippen molar-refractivity contribution >= 4 is 23.4 Å². The Labute approximate surface area is 99.3 Å². The second-order valence-corrected chi connectivity index (χ2v) is 4.36. The van der Waals surface area contributed by atoms with Crippen molar-refractivity contribution in [1.82, 2.24) is 0 Å². The second kappa shape index (κ2) is 3.42. The smallest absolute Gasteiger partial charge is 0.0930 e. The van der Waals surface area contributed by atoms with E-state index >= 15 is 0 Å². The maximum absolute atomic E-state index is 6.05. The fraction of sp³-hybridized carbons (Fsp3) is 0.0769. The predicted octanol–water partition coefficient (Wildman–Crippen LogP) is 2.82. The summed E-state index contributed by atoms with van der Waals surface area (Å²) in [7, 11) is 0. The van der Waals surface area contributed by atoms with E-state index in [4.69, 9.17) is 17.3 Å². The lowest BCUT2D eigenvalue weighted by Crippen LogP contribution is -2.37. The van der Waals surface area contributed by atoms with E-state index in [2.05, 4.69) is 17.0 Å². The van der Waals surface area contributed by atoms with Gasteiger partial charge in [0.05, 0.1) is 6.04 Å². The van der Waals surface area contributed by atoms with Crippen LogP contribution in [-0.2, 0) is 0 Å². The van der Waals surface area contributed by atoms with Gasteiger partial charge >= 0.3 is 0 Å². The molecule has 0 aromatic heterocycles. The lowest BCUT2D eigenvalue weighted by atomic mass is 9.99. The highest BCUT2D eigenvalue weighted by Crippen LogP contribution is 2.34.